The summed E-state index contributed by atoms with van der Waals surface area (Å²) in [5.41, 5.74) is 0. The smallest absolute Gasteiger partial charge is 0.0701 e. The van der Waals surface area contributed by atoms with Crippen LogP contribution in [0.15, 0.2) is 0 Å². The molecule has 0 bridgehead atoms. The Morgan fingerprint density at radius 2 is 0.488 bits per heavy atom. The summed E-state index contributed by atoms with van der Waals surface area (Å²) in [5, 5.41) is 0. The number of hydrogen-bond acceptors (Lipinski definition) is 11. The van der Waals surface area contributed by atoms with Gasteiger partial charge in [0, 0.05) is 12.5 Å². The number of ether oxygens (including phenoxy) is 11. The molecular formula is C28H56ClIO11. The van der Waals surface area contributed by atoms with Crippen molar-refractivity contribution in [2.45, 2.75) is 25.7 Å². The molecule has 41 heavy (non-hydrogen) atoms. The number of rotatable bonds is 38. The minimum Gasteiger partial charge on any atom is -0.379 e. The molecule has 0 amide bonds. The van der Waals surface area contributed by atoms with Crippen molar-refractivity contribution in [2.24, 2.45) is 0 Å². The van der Waals surface area contributed by atoms with Gasteiger partial charge in [0.15, 0.2) is 0 Å². The first-order chi connectivity index (χ1) is 20.4. The second kappa shape index (κ2) is 40.6. The minimum absolute atomic E-state index is 0.501. The minimum atomic E-state index is 0.501. The van der Waals surface area contributed by atoms with Crippen molar-refractivity contribution in [2.75, 3.05) is 156 Å². The Hall–Kier alpha value is 0.580. The highest BCUT2D eigenvalue weighted by Gasteiger charge is 1.96. The molecule has 0 aromatic heterocycles. The Balaban J connectivity index is 3.02. The van der Waals surface area contributed by atoms with Gasteiger partial charge >= 0.3 is 0 Å². The van der Waals surface area contributed by atoms with E-state index in [0.717, 1.165) is 13.0 Å². The van der Waals surface area contributed by atoms with Gasteiger partial charge in [-0.05, 0) is 17.3 Å². The van der Waals surface area contributed by atoms with Crippen molar-refractivity contribution >= 4 is 34.2 Å². The number of alkyl halides is 2. The van der Waals surface area contributed by atoms with Gasteiger partial charge in [-0.2, -0.15) is 0 Å². The van der Waals surface area contributed by atoms with E-state index in [0.29, 0.717) is 145 Å². The molecule has 0 saturated heterocycles. The summed E-state index contributed by atoms with van der Waals surface area (Å²) in [4.78, 5) is 0. The average Bonchev–Trinajstić information content (AvgIpc) is 2.98. The van der Waals surface area contributed by atoms with E-state index in [9.17, 15) is 0 Å². The summed E-state index contributed by atoms with van der Waals surface area (Å²) in [6.45, 7) is 12.2. The molecule has 0 aromatic rings. The maximum absolute atomic E-state index is 5.55. The summed E-state index contributed by atoms with van der Waals surface area (Å²) in [7, 11) is 0. The molecule has 0 aromatic carbocycles. The van der Waals surface area contributed by atoms with Crippen molar-refractivity contribution in [1.82, 2.24) is 0 Å². The third-order valence-corrected chi connectivity index (χ3v) is 6.03. The first-order valence-electron chi connectivity index (χ1n) is 14.9. The van der Waals surface area contributed by atoms with E-state index < -0.39 is 0 Å². The van der Waals surface area contributed by atoms with Crippen LogP contribution in [-0.2, 0) is 52.1 Å². The van der Waals surface area contributed by atoms with E-state index in [1.165, 1.54) is 23.7 Å². The maximum atomic E-state index is 5.55. The van der Waals surface area contributed by atoms with Crippen LogP contribution in [0, 0.1) is 0 Å². The van der Waals surface area contributed by atoms with Gasteiger partial charge in [-0.15, -0.1) is 11.6 Å². The van der Waals surface area contributed by atoms with Gasteiger partial charge in [0.25, 0.3) is 0 Å². The van der Waals surface area contributed by atoms with Crippen LogP contribution in [0.2, 0.25) is 0 Å². The van der Waals surface area contributed by atoms with E-state index in [-0.39, 0.29) is 0 Å². The van der Waals surface area contributed by atoms with E-state index in [1.54, 1.807) is 0 Å². The van der Waals surface area contributed by atoms with Crippen LogP contribution in [0.4, 0.5) is 0 Å². The Kier molecular flexibility index (Phi) is 41.2. The van der Waals surface area contributed by atoms with Crippen LogP contribution in [-0.4, -0.2) is 156 Å². The second-order valence-electron chi connectivity index (χ2n) is 8.53. The van der Waals surface area contributed by atoms with E-state index in [4.69, 9.17) is 63.7 Å². The summed E-state index contributed by atoms with van der Waals surface area (Å²) in [5.74, 6) is 0.501. The van der Waals surface area contributed by atoms with E-state index >= 15 is 0 Å². The predicted molar refractivity (Wildman–Crippen MR) is 167 cm³/mol. The molecule has 0 N–H and O–H groups in total. The third kappa shape index (κ3) is 40.6. The van der Waals surface area contributed by atoms with Crippen molar-refractivity contribution < 1.29 is 52.1 Å². The molecule has 0 aliphatic rings. The first kappa shape index (κ1) is 41.6. The Morgan fingerprint density at radius 3 is 0.732 bits per heavy atom. The monoisotopic (exact) mass is 730 g/mol. The number of unbranched alkanes of at least 4 members (excludes halogenated alkanes) is 3. The van der Waals surface area contributed by atoms with E-state index in [1.807, 2.05) is 0 Å². The van der Waals surface area contributed by atoms with Gasteiger partial charge in [-0.3, -0.25) is 0 Å². The highest BCUT2D eigenvalue weighted by Crippen LogP contribution is 2.02. The summed E-state index contributed by atoms with van der Waals surface area (Å²) in [6.07, 6.45) is 4.98. The molecule has 0 saturated carbocycles. The van der Waals surface area contributed by atoms with Gasteiger partial charge in [0.1, 0.15) is 0 Å². The second-order valence-corrected chi connectivity index (χ2v) is 9.98. The molecular weight excluding hydrogens is 675 g/mol. The molecule has 0 spiro atoms. The quantitative estimate of drug-likeness (QED) is 0.0531. The zero-order valence-corrected chi connectivity index (χ0v) is 28.0. The molecule has 11 nitrogen and oxygen atoms in total. The van der Waals surface area contributed by atoms with Crippen LogP contribution < -0.4 is 0 Å². The maximum Gasteiger partial charge on any atom is 0.0701 e. The molecule has 0 aliphatic carbocycles. The van der Waals surface area contributed by atoms with Gasteiger partial charge in [-0.25, -0.2) is 0 Å². The summed E-state index contributed by atoms with van der Waals surface area (Å²) < 4.78 is 61.1. The lowest BCUT2D eigenvalue weighted by atomic mass is 10.2. The third-order valence-electron chi connectivity index (χ3n) is 5.11. The number of hydrogen-bond donors (Lipinski definition) is 0. The molecule has 248 valence electrons. The molecule has 13 heteroatoms. The lowest BCUT2D eigenvalue weighted by molar-refractivity contribution is -0.0274. The van der Waals surface area contributed by atoms with Gasteiger partial charge < -0.3 is 52.1 Å². The van der Waals surface area contributed by atoms with Crippen LogP contribution in [0.5, 0.6) is 0 Å². The van der Waals surface area contributed by atoms with Crippen molar-refractivity contribution in [3.63, 3.8) is 0 Å². The fraction of sp³-hybridized carbons (Fsp3) is 1.00. The Bertz CT molecular complexity index is 421. The largest absolute Gasteiger partial charge is 0.379 e. The lowest BCUT2D eigenvalue weighted by Crippen LogP contribution is -2.15. The molecule has 0 fully saturated rings. The number of halogens is 2. The Morgan fingerprint density at radius 1 is 0.268 bits per heavy atom. The molecule has 0 rings (SSSR count). The van der Waals surface area contributed by atoms with E-state index in [2.05, 4.69) is 22.6 Å². The zero-order chi connectivity index (χ0) is 29.6. The molecule has 0 unspecified atom stereocenters. The first-order valence-corrected chi connectivity index (χ1v) is 16.9. The van der Waals surface area contributed by atoms with Crippen LogP contribution in [0.3, 0.4) is 0 Å². The van der Waals surface area contributed by atoms with Crippen molar-refractivity contribution in [1.29, 1.82) is 0 Å². The molecule has 0 atom stereocenters. The fourth-order valence-corrected chi connectivity index (χ4v) is 3.66. The highest BCUT2D eigenvalue weighted by atomic mass is 127. The van der Waals surface area contributed by atoms with Crippen LogP contribution in [0.25, 0.3) is 0 Å². The highest BCUT2D eigenvalue weighted by molar-refractivity contribution is 14.1. The molecule has 0 heterocycles. The standard InChI is InChI=1S/C28H56ClIO11/c29-5-8-32-10-12-34-14-16-36-18-20-38-22-24-40-26-28-41-27-25-39-23-21-37-19-17-35-15-13-33-11-9-31-7-4-2-1-3-6-30/h1-28H2. The Labute approximate surface area is 266 Å². The van der Waals surface area contributed by atoms with Crippen LogP contribution >= 0.6 is 34.2 Å². The van der Waals surface area contributed by atoms with Crippen molar-refractivity contribution in [3.8, 4) is 0 Å². The SMILES string of the molecule is ClCCOCCOCCOCCOCCOCCOCCOCCOCCOCCOCCOCCCCCCI. The lowest BCUT2D eigenvalue weighted by Gasteiger charge is -2.09. The van der Waals surface area contributed by atoms with Crippen LogP contribution in [0.1, 0.15) is 25.7 Å². The molecule has 0 radical (unpaired) electrons. The van der Waals surface area contributed by atoms with Gasteiger partial charge in [0.2, 0.25) is 0 Å². The zero-order valence-electron chi connectivity index (χ0n) is 25.0. The topological polar surface area (TPSA) is 102 Å². The predicted octanol–water partition coefficient (Wildman–Crippen LogP) is 3.40. The molecule has 0 aliphatic heterocycles. The normalized spacial score (nSPS) is 11.6. The van der Waals surface area contributed by atoms with Gasteiger partial charge in [0.05, 0.1) is 139 Å². The fourth-order valence-electron chi connectivity index (χ4n) is 3.01. The summed E-state index contributed by atoms with van der Waals surface area (Å²) in [6, 6.07) is 0. The average molecular weight is 731 g/mol. The van der Waals surface area contributed by atoms with Gasteiger partial charge in [-0.1, -0.05) is 35.4 Å². The van der Waals surface area contributed by atoms with Crippen molar-refractivity contribution in [3.05, 3.63) is 0 Å². The summed E-state index contributed by atoms with van der Waals surface area (Å²) >= 11 is 7.93.